The third-order valence-electron chi connectivity index (χ3n) is 1.25. The van der Waals surface area contributed by atoms with E-state index in [4.69, 9.17) is 4.74 Å². The van der Waals surface area contributed by atoms with Crippen molar-refractivity contribution >= 4 is 0 Å². The van der Waals surface area contributed by atoms with E-state index < -0.39 is 0 Å². The largest absolute Gasteiger partial charge is 3.00 e. The van der Waals surface area contributed by atoms with Crippen LogP contribution >= 0.6 is 0 Å². The zero-order valence-corrected chi connectivity index (χ0v) is 9.45. The van der Waals surface area contributed by atoms with Crippen LogP contribution in [-0.4, -0.2) is 17.1 Å². The molecule has 0 saturated heterocycles. The molecule has 0 amide bonds. The monoisotopic (exact) mass is 226 g/mol. The molecule has 1 heterocycles. The van der Waals surface area contributed by atoms with Crippen molar-refractivity contribution in [1.29, 1.82) is 0 Å². The Kier molecular flexibility index (Phi) is 5.83. The Morgan fingerprint density at radius 2 is 2.36 bits per heavy atom. The first-order chi connectivity index (χ1) is 4.84. The van der Waals surface area contributed by atoms with Gasteiger partial charge in [0.05, 0.1) is 6.10 Å². The first-order valence-electron chi connectivity index (χ1n) is 3.06. The molecule has 0 fully saturated rings. The fraction of sp³-hybridized carbons (Fsp3) is 0.429. The van der Waals surface area contributed by atoms with Crippen LogP contribution in [0.1, 0.15) is 18.9 Å². The maximum absolute atomic E-state index is 4.99. The molecule has 0 aliphatic carbocycles. The van der Waals surface area contributed by atoms with Gasteiger partial charge in [-0.15, -0.1) is 6.07 Å². The molecule has 0 spiro atoms. The molecule has 54 valence electrons. The van der Waals surface area contributed by atoms with Gasteiger partial charge >= 0.3 is 32.7 Å². The molecule has 0 saturated carbocycles. The zero-order valence-electron chi connectivity index (χ0n) is 6.61. The van der Waals surface area contributed by atoms with E-state index in [1.807, 2.05) is 6.92 Å². The smallest absolute Gasteiger partial charge is 0.386 e. The maximum atomic E-state index is 4.99. The van der Waals surface area contributed by atoms with Crippen molar-refractivity contribution in [3.8, 4) is 0 Å². The summed E-state index contributed by atoms with van der Waals surface area (Å²) in [7, 11) is 1.63. The van der Waals surface area contributed by atoms with Gasteiger partial charge in [0.2, 0.25) is 0 Å². The second-order valence-corrected chi connectivity index (χ2v) is 1.92. The van der Waals surface area contributed by atoms with Gasteiger partial charge in [-0.3, -0.25) is 0 Å². The molecular formula is C7H9N2OY+2. The van der Waals surface area contributed by atoms with Crippen LogP contribution in [0.25, 0.3) is 0 Å². The first kappa shape index (κ1) is 11.1. The fourth-order valence-corrected chi connectivity index (χ4v) is 0.581. The summed E-state index contributed by atoms with van der Waals surface area (Å²) in [4.78, 5) is 7.87. The summed E-state index contributed by atoms with van der Waals surface area (Å²) < 4.78 is 4.99. The summed E-state index contributed by atoms with van der Waals surface area (Å²) in [5, 5.41) is 0. The summed E-state index contributed by atoms with van der Waals surface area (Å²) in [6.07, 6.45) is 4.29. The van der Waals surface area contributed by atoms with Gasteiger partial charge in [-0.25, -0.2) is 0 Å². The van der Waals surface area contributed by atoms with E-state index in [0.29, 0.717) is 5.82 Å². The van der Waals surface area contributed by atoms with E-state index in [1.54, 1.807) is 19.4 Å². The van der Waals surface area contributed by atoms with Gasteiger partial charge in [-0.05, 0) is 6.92 Å². The van der Waals surface area contributed by atoms with Crippen LogP contribution in [0.3, 0.4) is 0 Å². The number of aromatic nitrogens is 2. The molecule has 1 unspecified atom stereocenters. The van der Waals surface area contributed by atoms with Crippen molar-refractivity contribution in [3.63, 3.8) is 0 Å². The molecule has 0 radical (unpaired) electrons. The predicted octanol–water partition coefficient (Wildman–Crippen LogP) is 0.982. The summed E-state index contributed by atoms with van der Waals surface area (Å²) in [5.74, 6) is 0.671. The summed E-state index contributed by atoms with van der Waals surface area (Å²) >= 11 is 0. The average molecular weight is 226 g/mol. The van der Waals surface area contributed by atoms with Gasteiger partial charge < -0.3 is 14.7 Å². The van der Waals surface area contributed by atoms with Crippen molar-refractivity contribution in [3.05, 3.63) is 24.3 Å². The maximum Gasteiger partial charge on any atom is 3.00 e. The number of hydrogen-bond acceptors (Lipinski definition) is 3. The standard InChI is InChI=1S/C7H9N2O.Y/c1-6(10-2)7-8-4-3-5-9-7;/h3-4,6H,1-2H3;/q-1;+3. The third kappa shape index (κ3) is 3.36. The van der Waals surface area contributed by atoms with E-state index >= 15 is 0 Å². The van der Waals surface area contributed by atoms with E-state index in [-0.39, 0.29) is 38.8 Å². The van der Waals surface area contributed by atoms with Crippen LogP contribution in [0, 0.1) is 6.20 Å². The van der Waals surface area contributed by atoms with Gasteiger partial charge in [0.1, 0.15) is 0 Å². The van der Waals surface area contributed by atoms with Gasteiger partial charge in [0.15, 0.2) is 0 Å². The van der Waals surface area contributed by atoms with Crippen LogP contribution in [0.4, 0.5) is 0 Å². The molecule has 0 aliphatic heterocycles. The van der Waals surface area contributed by atoms with Crippen molar-refractivity contribution in [2.45, 2.75) is 13.0 Å². The van der Waals surface area contributed by atoms with Crippen molar-refractivity contribution in [1.82, 2.24) is 9.97 Å². The van der Waals surface area contributed by atoms with Crippen LogP contribution < -0.4 is 0 Å². The number of nitrogens with zero attached hydrogens (tertiary/aromatic N) is 2. The van der Waals surface area contributed by atoms with E-state index in [1.165, 1.54) is 0 Å². The van der Waals surface area contributed by atoms with Gasteiger partial charge in [-0.2, -0.15) is 0 Å². The van der Waals surface area contributed by atoms with Crippen LogP contribution in [-0.2, 0) is 37.4 Å². The zero-order chi connectivity index (χ0) is 7.40. The molecule has 0 aromatic carbocycles. The summed E-state index contributed by atoms with van der Waals surface area (Å²) in [6, 6.07) is 1.66. The quantitative estimate of drug-likeness (QED) is 0.705. The Labute approximate surface area is 91.5 Å². The minimum Gasteiger partial charge on any atom is -0.386 e. The number of hydrogen-bond donors (Lipinski definition) is 0. The molecule has 3 nitrogen and oxygen atoms in total. The summed E-state index contributed by atoms with van der Waals surface area (Å²) in [5.41, 5.74) is 0. The molecule has 1 atom stereocenters. The van der Waals surface area contributed by atoms with E-state index in [2.05, 4.69) is 16.2 Å². The van der Waals surface area contributed by atoms with Crippen LogP contribution in [0.15, 0.2) is 12.3 Å². The molecule has 1 rings (SSSR count). The first-order valence-corrected chi connectivity index (χ1v) is 3.06. The number of rotatable bonds is 2. The number of ether oxygens (including phenoxy) is 1. The van der Waals surface area contributed by atoms with Crippen LogP contribution in [0.2, 0.25) is 0 Å². The Hall–Kier alpha value is 0.144. The molecule has 0 N–H and O–H groups in total. The van der Waals surface area contributed by atoms with Gasteiger partial charge in [0, 0.05) is 12.9 Å². The van der Waals surface area contributed by atoms with Crippen molar-refractivity contribution in [2.24, 2.45) is 0 Å². The second-order valence-electron chi connectivity index (χ2n) is 1.92. The topological polar surface area (TPSA) is 35.0 Å². The fourth-order valence-electron chi connectivity index (χ4n) is 0.581. The summed E-state index contributed by atoms with van der Waals surface area (Å²) in [6.45, 7) is 1.89. The number of methoxy groups -OCH3 is 1. The Morgan fingerprint density at radius 3 is 2.82 bits per heavy atom. The minimum atomic E-state index is -0.0440. The van der Waals surface area contributed by atoms with E-state index in [0.717, 1.165) is 0 Å². The molecule has 0 bridgehead atoms. The average Bonchev–Trinajstić information content (AvgIpc) is 2.05. The normalized spacial score (nSPS) is 11.8. The second kappa shape index (κ2) is 5.75. The predicted molar refractivity (Wildman–Crippen MR) is 36.3 cm³/mol. The molecule has 11 heavy (non-hydrogen) atoms. The van der Waals surface area contributed by atoms with Gasteiger partial charge in [-0.1, -0.05) is 12.4 Å². The Bertz CT molecular complexity index is 193. The minimum absolute atomic E-state index is 0. The molecule has 1 aromatic rings. The van der Waals surface area contributed by atoms with Crippen molar-refractivity contribution < 1.29 is 37.4 Å². The van der Waals surface area contributed by atoms with Crippen molar-refractivity contribution in [2.75, 3.05) is 7.11 Å². The SMILES string of the molecule is COC(C)c1n[c-]ccn1.[Y+3]. The van der Waals surface area contributed by atoms with E-state index in [9.17, 15) is 0 Å². The van der Waals surface area contributed by atoms with Gasteiger partial charge in [0.25, 0.3) is 0 Å². The molecule has 1 aromatic heterocycles. The Balaban J connectivity index is 0.000001000. The Morgan fingerprint density at radius 1 is 1.64 bits per heavy atom. The molecule has 0 aliphatic rings. The van der Waals surface area contributed by atoms with Crippen LogP contribution in [0.5, 0.6) is 0 Å². The molecule has 4 heteroatoms. The third-order valence-corrected chi connectivity index (χ3v) is 1.25. The molecular weight excluding hydrogens is 217 g/mol.